The van der Waals surface area contributed by atoms with E-state index in [0.29, 0.717) is 33.8 Å². The molecule has 1 aliphatic heterocycles. The Morgan fingerprint density at radius 3 is 2.70 bits per heavy atom. The van der Waals surface area contributed by atoms with E-state index in [-0.39, 0.29) is 18.0 Å². The minimum absolute atomic E-state index is 0.0484. The van der Waals surface area contributed by atoms with Crippen molar-refractivity contribution in [3.05, 3.63) is 88.6 Å². The van der Waals surface area contributed by atoms with Gasteiger partial charge in [0.15, 0.2) is 0 Å². The molecular weight excluding hydrogens is 584 g/mol. The molecule has 0 radical (unpaired) electrons. The molecule has 226 valence electrons. The number of anilines is 1. The standard InChI is InChI=1S/C31H31ClN8O4/c1-18-4-3-5-27(25-10-19(8-9-33-25)30-26(37-31(18)44)14-35-38(30)2)40-17-34-24(12-28(40)41)23-11-21(32)6-7-22(23)20-13-36-39(15-20)16-29(42)43/h6-15,17-18,27,31,37,44H,3-5,16H2,1-2H3,(H,42,43)/t18-,27+,31?/m1/s1. The zero-order valence-corrected chi connectivity index (χ0v) is 24.9. The zero-order chi connectivity index (χ0) is 31.0. The summed E-state index contributed by atoms with van der Waals surface area (Å²) in [5.41, 5.74) is 5.26. The number of rotatable bonds is 5. The van der Waals surface area contributed by atoms with Crippen LogP contribution < -0.4 is 10.9 Å². The molecule has 3 atom stereocenters. The Morgan fingerprint density at radius 1 is 1.07 bits per heavy atom. The number of fused-ring (bicyclic) bond motifs is 4. The first-order valence-electron chi connectivity index (χ1n) is 14.2. The van der Waals surface area contributed by atoms with Gasteiger partial charge in [-0.25, -0.2) is 4.98 Å². The number of carbonyl (C=O) groups is 1. The number of aliphatic hydroxyl groups is 1. The van der Waals surface area contributed by atoms with Crippen LogP contribution in [0.25, 0.3) is 33.6 Å². The number of pyridine rings is 1. The fourth-order valence-corrected chi connectivity index (χ4v) is 5.86. The Kier molecular flexibility index (Phi) is 8.02. The van der Waals surface area contributed by atoms with Crippen LogP contribution in [0.5, 0.6) is 0 Å². The molecule has 0 aliphatic carbocycles. The number of aryl methyl sites for hydroxylation is 1. The third-order valence-electron chi connectivity index (χ3n) is 7.98. The van der Waals surface area contributed by atoms with Gasteiger partial charge in [0.1, 0.15) is 12.8 Å². The molecule has 5 heterocycles. The van der Waals surface area contributed by atoms with Crippen molar-refractivity contribution in [3.63, 3.8) is 0 Å². The van der Waals surface area contributed by atoms with E-state index in [1.807, 2.05) is 26.1 Å². The Labute approximate surface area is 257 Å². The van der Waals surface area contributed by atoms with E-state index in [1.165, 1.54) is 17.1 Å². The number of aliphatic hydroxyl groups excluding tert-OH is 1. The van der Waals surface area contributed by atoms with E-state index in [9.17, 15) is 14.7 Å². The fraction of sp³-hybridized carbons (Fsp3) is 0.290. The molecule has 1 unspecified atom stereocenters. The molecule has 0 saturated heterocycles. The molecular formula is C31H31ClN8O4. The van der Waals surface area contributed by atoms with Gasteiger partial charge >= 0.3 is 5.97 Å². The highest BCUT2D eigenvalue weighted by molar-refractivity contribution is 6.31. The van der Waals surface area contributed by atoms with Crippen LogP contribution in [-0.4, -0.2) is 56.5 Å². The van der Waals surface area contributed by atoms with Crippen LogP contribution in [0.3, 0.4) is 0 Å². The van der Waals surface area contributed by atoms with Crippen molar-refractivity contribution >= 4 is 23.3 Å². The molecule has 4 aromatic heterocycles. The predicted octanol–water partition coefficient (Wildman–Crippen LogP) is 4.45. The molecule has 13 heteroatoms. The van der Waals surface area contributed by atoms with Crippen molar-refractivity contribution in [2.75, 3.05) is 5.32 Å². The molecule has 1 aliphatic rings. The summed E-state index contributed by atoms with van der Waals surface area (Å²) in [5.74, 6) is -1.05. The number of hydrogen-bond acceptors (Lipinski definition) is 8. The SMILES string of the molecule is C[C@@H]1CCC[C@H](n2cnc(-c3cc(Cl)ccc3-c3cnn(CC(=O)O)c3)cc2=O)c2cc(ccn2)-c2c(cnn2C)NC1O. The van der Waals surface area contributed by atoms with E-state index in [1.54, 1.807) is 52.2 Å². The lowest BCUT2D eigenvalue weighted by molar-refractivity contribution is -0.137. The van der Waals surface area contributed by atoms with Gasteiger partial charge in [-0.15, -0.1) is 0 Å². The molecule has 1 aromatic carbocycles. The van der Waals surface area contributed by atoms with Crippen molar-refractivity contribution in [3.8, 4) is 33.6 Å². The van der Waals surface area contributed by atoms with Crippen molar-refractivity contribution < 1.29 is 15.0 Å². The second kappa shape index (κ2) is 12.1. The molecule has 0 fully saturated rings. The third-order valence-corrected chi connectivity index (χ3v) is 8.22. The number of carboxylic acid groups (broad SMARTS) is 1. The van der Waals surface area contributed by atoms with Crippen LogP contribution in [0.2, 0.25) is 5.02 Å². The topological polar surface area (TPSA) is 153 Å². The van der Waals surface area contributed by atoms with E-state index in [0.717, 1.165) is 35.5 Å². The van der Waals surface area contributed by atoms with Gasteiger partial charge in [0, 0.05) is 53.1 Å². The monoisotopic (exact) mass is 614 g/mol. The maximum atomic E-state index is 13.8. The first-order valence-corrected chi connectivity index (χ1v) is 14.6. The van der Waals surface area contributed by atoms with Crippen LogP contribution in [0, 0.1) is 5.92 Å². The van der Waals surface area contributed by atoms with Crippen molar-refractivity contribution in [2.24, 2.45) is 13.0 Å². The molecule has 0 saturated carbocycles. The van der Waals surface area contributed by atoms with Crippen LogP contribution in [0.1, 0.15) is 37.9 Å². The fourth-order valence-electron chi connectivity index (χ4n) is 5.68. The number of benzene rings is 1. The van der Waals surface area contributed by atoms with Gasteiger partial charge in [-0.1, -0.05) is 31.0 Å². The van der Waals surface area contributed by atoms with Crippen LogP contribution in [-0.2, 0) is 18.4 Å². The largest absolute Gasteiger partial charge is 0.480 e. The molecule has 0 amide bonds. The summed E-state index contributed by atoms with van der Waals surface area (Å²) in [4.78, 5) is 34.3. The summed E-state index contributed by atoms with van der Waals surface area (Å²) < 4.78 is 4.67. The second-order valence-electron chi connectivity index (χ2n) is 11.0. The van der Waals surface area contributed by atoms with Gasteiger partial charge in [-0.05, 0) is 42.7 Å². The first kappa shape index (κ1) is 29.3. The normalized spacial score (nSPS) is 18.5. The number of nitrogens with one attached hydrogen (secondary N) is 1. The average molecular weight is 615 g/mol. The number of nitrogens with zero attached hydrogens (tertiary/aromatic N) is 7. The number of aromatic nitrogens is 7. The van der Waals surface area contributed by atoms with Gasteiger partial charge in [-0.3, -0.25) is 28.5 Å². The minimum atomic E-state index is -1.00. The molecule has 2 bridgehead atoms. The number of hydrogen-bond donors (Lipinski definition) is 3. The highest BCUT2D eigenvalue weighted by Crippen LogP contribution is 2.35. The van der Waals surface area contributed by atoms with E-state index in [2.05, 4.69) is 20.5 Å². The maximum absolute atomic E-state index is 13.8. The lowest BCUT2D eigenvalue weighted by atomic mass is 9.96. The van der Waals surface area contributed by atoms with Crippen molar-refractivity contribution in [2.45, 2.75) is 45.0 Å². The quantitative estimate of drug-likeness (QED) is 0.261. The molecule has 5 aromatic rings. The smallest absolute Gasteiger partial charge is 0.325 e. The summed E-state index contributed by atoms with van der Waals surface area (Å²) >= 11 is 6.36. The minimum Gasteiger partial charge on any atom is -0.480 e. The van der Waals surface area contributed by atoms with E-state index >= 15 is 0 Å². The van der Waals surface area contributed by atoms with E-state index in [4.69, 9.17) is 21.7 Å². The Balaban J connectivity index is 1.40. The Morgan fingerprint density at radius 2 is 1.91 bits per heavy atom. The van der Waals surface area contributed by atoms with Gasteiger partial charge in [0.2, 0.25) is 0 Å². The van der Waals surface area contributed by atoms with Gasteiger partial charge in [0.25, 0.3) is 5.56 Å². The zero-order valence-electron chi connectivity index (χ0n) is 24.1. The van der Waals surface area contributed by atoms with Crippen LogP contribution in [0.4, 0.5) is 5.69 Å². The first-order chi connectivity index (χ1) is 21.2. The lowest BCUT2D eigenvalue weighted by Gasteiger charge is -2.25. The summed E-state index contributed by atoms with van der Waals surface area (Å²) in [5, 5.41) is 32.2. The summed E-state index contributed by atoms with van der Waals surface area (Å²) in [6, 6.07) is 10.2. The van der Waals surface area contributed by atoms with Crippen LogP contribution in [0.15, 0.2) is 72.3 Å². The molecule has 3 N–H and O–H groups in total. The Bertz CT molecular complexity index is 1900. The highest BCUT2D eigenvalue weighted by Gasteiger charge is 2.24. The average Bonchev–Trinajstić information content (AvgIpc) is 3.60. The third kappa shape index (κ3) is 5.86. The summed E-state index contributed by atoms with van der Waals surface area (Å²) in [6.45, 7) is 1.71. The van der Waals surface area contributed by atoms with Crippen molar-refractivity contribution in [1.29, 1.82) is 0 Å². The predicted molar refractivity (Wildman–Crippen MR) is 165 cm³/mol. The molecule has 12 nitrogen and oxygen atoms in total. The van der Waals surface area contributed by atoms with E-state index < -0.39 is 18.2 Å². The number of halogens is 1. The second-order valence-corrected chi connectivity index (χ2v) is 11.5. The van der Waals surface area contributed by atoms with Gasteiger partial charge in [0.05, 0.1) is 47.5 Å². The lowest BCUT2D eigenvalue weighted by Crippen LogP contribution is -2.29. The molecule has 44 heavy (non-hydrogen) atoms. The number of aliphatic carboxylic acids is 1. The molecule has 6 rings (SSSR count). The highest BCUT2D eigenvalue weighted by atomic mass is 35.5. The van der Waals surface area contributed by atoms with Gasteiger partial charge in [-0.2, -0.15) is 10.2 Å². The summed E-state index contributed by atoms with van der Waals surface area (Å²) in [7, 11) is 1.84. The van der Waals surface area contributed by atoms with Gasteiger partial charge < -0.3 is 15.5 Å². The maximum Gasteiger partial charge on any atom is 0.325 e. The Hall–Kier alpha value is -4.81. The van der Waals surface area contributed by atoms with Crippen LogP contribution >= 0.6 is 11.6 Å². The summed E-state index contributed by atoms with van der Waals surface area (Å²) in [6.07, 6.45) is 9.47. The number of carboxylic acids is 1. The molecule has 0 spiro atoms. The van der Waals surface area contributed by atoms with Crippen molar-refractivity contribution in [1.82, 2.24) is 34.1 Å².